The van der Waals surface area contributed by atoms with Gasteiger partial charge < -0.3 is 4.57 Å². The van der Waals surface area contributed by atoms with E-state index in [0.717, 1.165) is 30.8 Å². The summed E-state index contributed by atoms with van der Waals surface area (Å²) in [6.07, 6.45) is 7.16. The van der Waals surface area contributed by atoms with E-state index in [1.165, 1.54) is 50.8 Å². The molecular formula is C31H31ClN2O2S. The van der Waals surface area contributed by atoms with Gasteiger partial charge in [-0.15, -0.1) is 0 Å². The molecule has 0 atom stereocenters. The van der Waals surface area contributed by atoms with Crippen LogP contribution in [0.2, 0.25) is 5.02 Å². The van der Waals surface area contributed by atoms with Gasteiger partial charge in [0, 0.05) is 46.8 Å². The van der Waals surface area contributed by atoms with Crippen LogP contribution in [0.25, 0.3) is 16.5 Å². The summed E-state index contributed by atoms with van der Waals surface area (Å²) in [5, 5.41) is 1.95. The van der Waals surface area contributed by atoms with Crippen molar-refractivity contribution in [2.45, 2.75) is 50.5 Å². The van der Waals surface area contributed by atoms with Gasteiger partial charge in [0.1, 0.15) is 0 Å². The van der Waals surface area contributed by atoms with E-state index in [-0.39, 0.29) is 0 Å². The summed E-state index contributed by atoms with van der Waals surface area (Å²) >= 11 is 6.10. The predicted octanol–water partition coefficient (Wildman–Crippen LogP) is 7.01. The quantitative estimate of drug-likeness (QED) is 0.278. The smallest absolute Gasteiger partial charge is 0.243 e. The van der Waals surface area contributed by atoms with Crippen molar-refractivity contribution in [3.63, 3.8) is 0 Å². The van der Waals surface area contributed by atoms with Gasteiger partial charge in [0.25, 0.3) is 0 Å². The Morgan fingerprint density at radius 3 is 2.41 bits per heavy atom. The lowest BCUT2D eigenvalue weighted by Gasteiger charge is -2.27. The molecule has 0 radical (unpaired) electrons. The lowest BCUT2D eigenvalue weighted by atomic mass is 9.92. The van der Waals surface area contributed by atoms with Crippen molar-refractivity contribution in [3.05, 3.63) is 106 Å². The molecule has 0 amide bonds. The molecule has 0 spiro atoms. The molecule has 0 saturated heterocycles. The van der Waals surface area contributed by atoms with Crippen LogP contribution in [0.5, 0.6) is 0 Å². The molecule has 4 nitrogen and oxygen atoms in total. The highest BCUT2D eigenvalue weighted by Crippen LogP contribution is 2.36. The zero-order valence-corrected chi connectivity index (χ0v) is 22.7. The van der Waals surface area contributed by atoms with Gasteiger partial charge in [-0.2, -0.15) is 4.31 Å². The topological polar surface area (TPSA) is 42.3 Å². The van der Waals surface area contributed by atoms with E-state index >= 15 is 0 Å². The predicted molar refractivity (Wildman–Crippen MR) is 152 cm³/mol. The maximum Gasteiger partial charge on any atom is 0.243 e. The van der Waals surface area contributed by atoms with Gasteiger partial charge in [-0.05, 0) is 91.6 Å². The monoisotopic (exact) mass is 530 g/mol. The van der Waals surface area contributed by atoms with Gasteiger partial charge in [0.15, 0.2) is 0 Å². The molecule has 1 aromatic heterocycles. The van der Waals surface area contributed by atoms with Gasteiger partial charge >= 0.3 is 0 Å². The van der Waals surface area contributed by atoms with Gasteiger partial charge in [-0.1, -0.05) is 54.1 Å². The maximum absolute atomic E-state index is 13.5. The number of benzene rings is 3. The largest absolute Gasteiger partial charge is 0.340 e. The molecule has 6 rings (SSSR count). The van der Waals surface area contributed by atoms with E-state index in [9.17, 15) is 8.42 Å². The summed E-state index contributed by atoms with van der Waals surface area (Å²) in [6.45, 7) is 3.81. The first kappa shape index (κ1) is 24.5. The fourth-order valence-electron chi connectivity index (χ4n) is 5.93. The fourth-order valence-corrected chi connectivity index (χ4v) is 7.49. The number of para-hydroxylation sites is 1. The third kappa shape index (κ3) is 4.54. The molecule has 37 heavy (non-hydrogen) atoms. The minimum Gasteiger partial charge on any atom is -0.340 e. The van der Waals surface area contributed by atoms with Gasteiger partial charge in [0.05, 0.1) is 4.90 Å². The third-order valence-corrected chi connectivity index (χ3v) is 10.0. The highest BCUT2D eigenvalue weighted by atomic mass is 35.5. The Hall–Kier alpha value is -2.86. The Morgan fingerprint density at radius 1 is 0.892 bits per heavy atom. The molecule has 0 bridgehead atoms. The zero-order chi connectivity index (χ0) is 25.6. The SMILES string of the molecule is Cc1c(C2=CCN(S(=O)(=O)c3ccc4c(c3)CCCC4)CC2)c2ccccc2n1Cc1ccc(Cl)cc1. The number of nitrogens with zero attached hydrogens (tertiary/aromatic N) is 2. The maximum atomic E-state index is 13.5. The lowest BCUT2D eigenvalue weighted by Crippen LogP contribution is -2.34. The van der Waals surface area contributed by atoms with Crippen molar-refractivity contribution < 1.29 is 8.42 Å². The first-order valence-corrected chi connectivity index (χ1v) is 14.9. The summed E-state index contributed by atoms with van der Waals surface area (Å²) in [4.78, 5) is 0.431. The van der Waals surface area contributed by atoms with Crippen LogP contribution in [0.3, 0.4) is 0 Å². The standard InChI is InChI=1S/C31H31ClN2O2S/c1-22-31(29-8-4-5-9-30(29)34(22)21-23-10-13-27(32)14-11-23)25-16-18-33(19-17-25)37(35,36)28-15-12-24-6-2-3-7-26(24)20-28/h4-5,8-16,20H,2-3,6-7,17-19,21H2,1H3. The molecule has 0 fully saturated rings. The molecule has 2 aliphatic rings. The Balaban J connectivity index is 1.30. The van der Waals surface area contributed by atoms with Crippen LogP contribution in [0, 0.1) is 6.92 Å². The van der Waals surface area contributed by atoms with Crippen LogP contribution >= 0.6 is 11.6 Å². The number of fused-ring (bicyclic) bond motifs is 2. The average Bonchev–Trinajstić information content (AvgIpc) is 3.20. The molecule has 1 aliphatic carbocycles. The van der Waals surface area contributed by atoms with E-state index in [0.29, 0.717) is 24.4 Å². The van der Waals surface area contributed by atoms with E-state index in [2.05, 4.69) is 54.0 Å². The van der Waals surface area contributed by atoms with E-state index in [4.69, 9.17) is 11.6 Å². The van der Waals surface area contributed by atoms with E-state index in [1.54, 1.807) is 10.4 Å². The van der Waals surface area contributed by atoms with Gasteiger partial charge in [-0.3, -0.25) is 0 Å². The van der Waals surface area contributed by atoms with E-state index in [1.807, 2.05) is 24.3 Å². The van der Waals surface area contributed by atoms with Crippen molar-refractivity contribution in [2.24, 2.45) is 0 Å². The van der Waals surface area contributed by atoms with Crippen LogP contribution in [0.4, 0.5) is 0 Å². The number of aryl methyl sites for hydroxylation is 2. The fraction of sp³-hybridized carbons (Fsp3) is 0.290. The van der Waals surface area contributed by atoms with Crippen LogP contribution in [0.1, 0.15) is 47.2 Å². The Morgan fingerprint density at radius 2 is 1.65 bits per heavy atom. The summed E-state index contributed by atoms with van der Waals surface area (Å²) < 4.78 is 31.0. The summed E-state index contributed by atoms with van der Waals surface area (Å²) in [5.74, 6) is 0. The van der Waals surface area contributed by atoms with Crippen LogP contribution < -0.4 is 0 Å². The molecule has 4 aromatic rings. The van der Waals surface area contributed by atoms with Crippen molar-refractivity contribution in [1.29, 1.82) is 0 Å². The molecule has 2 heterocycles. The van der Waals surface area contributed by atoms with Gasteiger partial charge in [-0.25, -0.2) is 8.42 Å². The molecular weight excluding hydrogens is 500 g/mol. The summed E-state index contributed by atoms with van der Waals surface area (Å²) in [7, 11) is -3.52. The van der Waals surface area contributed by atoms with Crippen LogP contribution in [-0.2, 0) is 29.4 Å². The van der Waals surface area contributed by atoms with Crippen molar-refractivity contribution >= 4 is 38.1 Å². The molecule has 0 saturated carbocycles. The number of rotatable bonds is 5. The first-order chi connectivity index (χ1) is 17.9. The molecule has 190 valence electrons. The molecule has 0 N–H and O–H groups in total. The second-order valence-electron chi connectivity index (χ2n) is 10.2. The minimum atomic E-state index is -3.52. The number of halogens is 1. The normalized spacial score (nSPS) is 16.5. The molecule has 6 heteroatoms. The Labute approximate surface area is 224 Å². The molecule has 0 unspecified atom stereocenters. The summed E-state index contributed by atoms with van der Waals surface area (Å²) in [5.41, 5.74) is 8.54. The molecule has 1 aliphatic heterocycles. The van der Waals surface area contributed by atoms with E-state index < -0.39 is 10.0 Å². The highest BCUT2D eigenvalue weighted by Gasteiger charge is 2.29. The van der Waals surface area contributed by atoms with Crippen molar-refractivity contribution in [1.82, 2.24) is 8.87 Å². The van der Waals surface area contributed by atoms with Crippen molar-refractivity contribution in [3.8, 4) is 0 Å². The minimum absolute atomic E-state index is 0.394. The van der Waals surface area contributed by atoms with Gasteiger partial charge in [0.2, 0.25) is 10.0 Å². The highest BCUT2D eigenvalue weighted by molar-refractivity contribution is 7.89. The average molecular weight is 531 g/mol. The Kier molecular flexibility index (Phi) is 6.47. The third-order valence-electron chi connectivity index (χ3n) is 7.94. The first-order valence-electron chi connectivity index (χ1n) is 13.1. The Bertz CT molecular complexity index is 1620. The number of aromatic nitrogens is 1. The van der Waals surface area contributed by atoms with Crippen molar-refractivity contribution in [2.75, 3.05) is 13.1 Å². The number of hydrogen-bond donors (Lipinski definition) is 0. The summed E-state index contributed by atoms with van der Waals surface area (Å²) in [6, 6.07) is 22.2. The number of sulfonamides is 1. The number of hydrogen-bond acceptors (Lipinski definition) is 2. The second kappa shape index (κ2) is 9.79. The molecule has 3 aromatic carbocycles. The second-order valence-corrected chi connectivity index (χ2v) is 12.5. The van der Waals surface area contributed by atoms with Crippen LogP contribution in [-0.4, -0.2) is 30.4 Å². The zero-order valence-electron chi connectivity index (χ0n) is 21.1. The lowest BCUT2D eigenvalue weighted by molar-refractivity contribution is 0.441. The van der Waals surface area contributed by atoms with Crippen LogP contribution in [0.15, 0.2) is 77.7 Å².